The van der Waals surface area contributed by atoms with Crippen LogP contribution in [0.25, 0.3) is 0 Å². The van der Waals surface area contributed by atoms with Crippen molar-refractivity contribution in [2.24, 2.45) is 5.92 Å². The molecule has 24 heavy (non-hydrogen) atoms. The van der Waals surface area contributed by atoms with Crippen LogP contribution in [-0.2, 0) is 22.4 Å². The lowest BCUT2D eigenvalue weighted by Crippen LogP contribution is -2.29. The van der Waals surface area contributed by atoms with E-state index in [1.54, 1.807) is 31.2 Å². The summed E-state index contributed by atoms with van der Waals surface area (Å²) in [6, 6.07) is 8.97. The van der Waals surface area contributed by atoms with Gasteiger partial charge >= 0.3 is 5.97 Å². The second-order valence-electron chi connectivity index (χ2n) is 6.01. The third kappa shape index (κ3) is 3.74. The number of aromatic amines is 1. The van der Waals surface area contributed by atoms with Gasteiger partial charge in [0, 0.05) is 12.1 Å². The topological polar surface area (TPSA) is 88.0 Å². The van der Waals surface area contributed by atoms with Crippen molar-refractivity contribution >= 4 is 5.97 Å². The fraction of sp³-hybridized carbons (Fsp3) is 0.389. The number of aromatic nitrogens is 2. The number of nitrogens with one attached hydrogen (secondary N) is 1. The molecule has 1 aromatic carbocycles. The molecular weight excluding hydrogens is 306 g/mol. The third-order valence-corrected chi connectivity index (χ3v) is 4.12. The molecule has 1 aliphatic rings. The molecule has 2 unspecified atom stereocenters. The number of nitrogens with zero attached hydrogens (tertiary/aromatic N) is 2. The van der Waals surface area contributed by atoms with E-state index in [4.69, 9.17) is 14.7 Å². The predicted octanol–water partition coefficient (Wildman–Crippen LogP) is 2.40. The Morgan fingerprint density at radius 3 is 3.25 bits per heavy atom. The van der Waals surface area contributed by atoms with E-state index < -0.39 is 0 Å². The van der Waals surface area contributed by atoms with Crippen molar-refractivity contribution in [1.29, 1.82) is 5.26 Å². The molecule has 0 spiro atoms. The summed E-state index contributed by atoms with van der Waals surface area (Å²) in [4.78, 5) is 12.3. The molecule has 0 bridgehead atoms. The summed E-state index contributed by atoms with van der Waals surface area (Å²) in [5.41, 5.74) is 2.75. The molecule has 6 heteroatoms. The molecule has 1 N–H and O–H groups in total. The minimum Gasteiger partial charge on any atom is -0.490 e. The van der Waals surface area contributed by atoms with E-state index in [1.807, 2.05) is 6.20 Å². The molecule has 2 aromatic rings. The molecule has 1 aliphatic carbocycles. The molecule has 0 saturated carbocycles. The fourth-order valence-electron chi connectivity index (χ4n) is 2.81. The van der Waals surface area contributed by atoms with Crippen molar-refractivity contribution < 1.29 is 14.3 Å². The number of carbonyl (C=O) groups is 1. The predicted molar refractivity (Wildman–Crippen MR) is 86.3 cm³/mol. The summed E-state index contributed by atoms with van der Waals surface area (Å²) in [7, 11) is 0. The highest BCUT2D eigenvalue weighted by atomic mass is 16.6. The first kappa shape index (κ1) is 16.1. The van der Waals surface area contributed by atoms with Crippen LogP contribution in [0, 0.1) is 17.2 Å². The second-order valence-corrected chi connectivity index (χ2v) is 6.01. The Labute approximate surface area is 140 Å². The highest BCUT2D eigenvalue weighted by molar-refractivity contribution is 5.73. The molecule has 3 rings (SSSR count). The number of rotatable bonds is 5. The quantitative estimate of drug-likeness (QED) is 0.853. The summed E-state index contributed by atoms with van der Waals surface area (Å²) in [5, 5.41) is 15.8. The van der Waals surface area contributed by atoms with Crippen molar-refractivity contribution in [2.75, 3.05) is 6.61 Å². The Balaban J connectivity index is 1.49. The Bertz CT molecular complexity index is 763. The molecule has 1 aromatic heterocycles. The smallest absolute Gasteiger partial charge is 0.309 e. The van der Waals surface area contributed by atoms with Gasteiger partial charge in [-0.2, -0.15) is 10.4 Å². The van der Waals surface area contributed by atoms with Crippen LogP contribution >= 0.6 is 0 Å². The molecular formula is C18H19N3O3. The van der Waals surface area contributed by atoms with Crippen molar-refractivity contribution in [3.63, 3.8) is 0 Å². The SMILES string of the molecule is CC(COc1cccc(C#N)c1)OC(=O)C1CCc2cn[nH]c2C1. The zero-order valence-electron chi connectivity index (χ0n) is 13.5. The van der Waals surface area contributed by atoms with Gasteiger partial charge in [0.2, 0.25) is 0 Å². The summed E-state index contributed by atoms with van der Waals surface area (Å²) < 4.78 is 11.1. The van der Waals surface area contributed by atoms with E-state index in [0.717, 1.165) is 18.5 Å². The summed E-state index contributed by atoms with van der Waals surface area (Å²) >= 11 is 0. The molecule has 0 aliphatic heterocycles. The zero-order valence-corrected chi connectivity index (χ0v) is 13.5. The van der Waals surface area contributed by atoms with E-state index in [1.165, 1.54) is 5.56 Å². The van der Waals surface area contributed by atoms with Crippen LogP contribution in [0.15, 0.2) is 30.5 Å². The van der Waals surface area contributed by atoms with Gasteiger partial charge in [-0.25, -0.2) is 0 Å². The van der Waals surface area contributed by atoms with Gasteiger partial charge in [0.25, 0.3) is 0 Å². The maximum atomic E-state index is 12.3. The highest BCUT2D eigenvalue weighted by Gasteiger charge is 2.28. The first-order chi connectivity index (χ1) is 11.7. The van der Waals surface area contributed by atoms with Crippen LogP contribution in [0.4, 0.5) is 0 Å². The summed E-state index contributed by atoms with van der Waals surface area (Å²) in [6.45, 7) is 2.05. The number of nitriles is 1. The van der Waals surface area contributed by atoms with Crippen molar-refractivity contribution in [1.82, 2.24) is 10.2 Å². The number of carbonyl (C=O) groups excluding carboxylic acids is 1. The first-order valence-corrected chi connectivity index (χ1v) is 8.00. The Kier molecular flexibility index (Phi) is 4.80. The molecule has 6 nitrogen and oxygen atoms in total. The first-order valence-electron chi connectivity index (χ1n) is 8.00. The summed E-state index contributed by atoms with van der Waals surface area (Å²) in [6.07, 6.45) is 3.74. The lowest BCUT2D eigenvalue weighted by atomic mass is 9.88. The van der Waals surface area contributed by atoms with Gasteiger partial charge in [0.05, 0.1) is 23.7 Å². The van der Waals surface area contributed by atoms with Gasteiger partial charge in [-0.1, -0.05) is 6.07 Å². The minimum absolute atomic E-state index is 0.137. The van der Waals surface area contributed by atoms with Crippen molar-refractivity contribution in [2.45, 2.75) is 32.3 Å². The van der Waals surface area contributed by atoms with Crippen molar-refractivity contribution in [3.8, 4) is 11.8 Å². The van der Waals surface area contributed by atoms with Crippen LogP contribution in [0.3, 0.4) is 0 Å². The number of ether oxygens (including phenoxy) is 2. The van der Waals surface area contributed by atoms with E-state index in [0.29, 0.717) is 17.7 Å². The Hall–Kier alpha value is -2.81. The van der Waals surface area contributed by atoms with E-state index in [2.05, 4.69) is 16.3 Å². The maximum Gasteiger partial charge on any atom is 0.309 e. The molecule has 1 heterocycles. The molecule has 0 saturated heterocycles. The fourth-order valence-corrected chi connectivity index (χ4v) is 2.81. The van der Waals surface area contributed by atoms with Gasteiger partial charge < -0.3 is 9.47 Å². The standard InChI is InChI=1S/C18H19N3O3/c1-12(11-23-16-4-2-3-13(7-16)9-19)24-18(22)14-5-6-15-10-20-21-17(15)8-14/h2-4,7,10,12,14H,5-6,8,11H2,1H3,(H,20,21). The maximum absolute atomic E-state index is 12.3. The molecule has 124 valence electrons. The van der Waals surface area contributed by atoms with Crippen LogP contribution < -0.4 is 4.74 Å². The minimum atomic E-state index is -0.355. The lowest BCUT2D eigenvalue weighted by molar-refractivity contribution is -0.155. The van der Waals surface area contributed by atoms with Crippen LogP contribution in [0.1, 0.15) is 30.2 Å². The molecule has 0 fully saturated rings. The Morgan fingerprint density at radius 2 is 2.42 bits per heavy atom. The normalized spacial score (nSPS) is 17.4. The van der Waals surface area contributed by atoms with Gasteiger partial charge in [-0.05, 0) is 43.5 Å². The van der Waals surface area contributed by atoms with Crippen molar-refractivity contribution in [3.05, 3.63) is 47.3 Å². The number of hydrogen-bond acceptors (Lipinski definition) is 5. The summed E-state index contributed by atoms with van der Waals surface area (Å²) in [5.74, 6) is 0.260. The monoisotopic (exact) mass is 325 g/mol. The van der Waals surface area contributed by atoms with Gasteiger partial charge in [-0.15, -0.1) is 0 Å². The average molecular weight is 325 g/mol. The number of esters is 1. The van der Waals surface area contributed by atoms with Gasteiger partial charge in [-0.3, -0.25) is 9.89 Å². The highest BCUT2D eigenvalue weighted by Crippen LogP contribution is 2.25. The van der Waals surface area contributed by atoms with Crippen LogP contribution in [0.5, 0.6) is 5.75 Å². The van der Waals surface area contributed by atoms with Crippen LogP contribution in [-0.4, -0.2) is 28.9 Å². The number of H-pyrrole nitrogens is 1. The molecule has 0 radical (unpaired) electrons. The second kappa shape index (κ2) is 7.18. The molecule has 2 atom stereocenters. The van der Waals surface area contributed by atoms with E-state index in [-0.39, 0.29) is 24.6 Å². The number of fused-ring (bicyclic) bond motifs is 1. The number of hydrogen-bond donors (Lipinski definition) is 1. The molecule has 0 amide bonds. The van der Waals surface area contributed by atoms with E-state index >= 15 is 0 Å². The lowest BCUT2D eigenvalue weighted by Gasteiger charge is -2.22. The zero-order chi connectivity index (χ0) is 16.9. The number of benzene rings is 1. The van der Waals surface area contributed by atoms with Gasteiger partial charge in [0.1, 0.15) is 18.5 Å². The number of aryl methyl sites for hydroxylation is 1. The van der Waals surface area contributed by atoms with E-state index in [9.17, 15) is 4.79 Å². The Morgan fingerprint density at radius 1 is 1.54 bits per heavy atom. The average Bonchev–Trinajstić information content (AvgIpc) is 3.07. The third-order valence-electron chi connectivity index (χ3n) is 4.12. The van der Waals surface area contributed by atoms with Crippen LogP contribution in [0.2, 0.25) is 0 Å². The largest absolute Gasteiger partial charge is 0.490 e. The van der Waals surface area contributed by atoms with Gasteiger partial charge in [0.15, 0.2) is 0 Å².